The van der Waals surface area contributed by atoms with Crippen molar-refractivity contribution in [3.8, 4) is 0 Å². The Morgan fingerprint density at radius 2 is 1.67 bits per heavy atom. The first-order valence-corrected chi connectivity index (χ1v) is 9.65. The third-order valence-electron chi connectivity index (χ3n) is 5.16. The van der Waals surface area contributed by atoms with Crippen molar-refractivity contribution in [2.24, 2.45) is 11.8 Å². The van der Waals surface area contributed by atoms with Crippen LogP contribution in [0.3, 0.4) is 0 Å². The number of Topliss-reactive ketones (excluding diaryl/α,β-unsaturated/α-hetero) is 1. The van der Waals surface area contributed by atoms with E-state index >= 15 is 0 Å². The summed E-state index contributed by atoms with van der Waals surface area (Å²) in [6.45, 7) is 7.84. The number of anilines is 1. The predicted molar refractivity (Wildman–Crippen MR) is 109 cm³/mol. The van der Waals surface area contributed by atoms with Gasteiger partial charge in [-0.1, -0.05) is 56.3 Å². The molecular weight excluding hydrogens is 336 g/mol. The molecule has 0 bridgehead atoms. The van der Waals surface area contributed by atoms with Gasteiger partial charge in [0.2, 0.25) is 5.91 Å². The van der Waals surface area contributed by atoms with Crippen LogP contribution in [0.15, 0.2) is 54.6 Å². The molecule has 3 rings (SSSR count). The maximum Gasteiger partial charge on any atom is 0.246 e. The molecule has 2 aromatic carbocycles. The number of rotatable bonds is 5. The molecule has 27 heavy (non-hydrogen) atoms. The van der Waals surface area contributed by atoms with Crippen LogP contribution >= 0.6 is 0 Å². The highest BCUT2D eigenvalue weighted by Gasteiger charge is 2.32. The van der Waals surface area contributed by atoms with Gasteiger partial charge in [0, 0.05) is 24.3 Å². The molecule has 1 aliphatic rings. The monoisotopic (exact) mass is 364 g/mol. The van der Waals surface area contributed by atoms with Crippen LogP contribution in [0.25, 0.3) is 0 Å². The van der Waals surface area contributed by atoms with Gasteiger partial charge < -0.3 is 5.32 Å². The number of nitrogens with one attached hydrogen (secondary N) is 1. The quantitative estimate of drug-likeness (QED) is 0.792. The average molecular weight is 364 g/mol. The molecule has 4 heteroatoms. The van der Waals surface area contributed by atoms with Gasteiger partial charge in [0.05, 0.1) is 0 Å². The van der Waals surface area contributed by atoms with Crippen molar-refractivity contribution in [2.45, 2.75) is 33.2 Å². The number of hydrogen-bond acceptors (Lipinski definition) is 3. The Balaban J connectivity index is 1.87. The topological polar surface area (TPSA) is 49.4 Å². The minimum Gasteiger partial charge on any atom is -0.324 e. The molecule has 1 aliphatic heterocycles. The lowest BCUT2D eigenvalue weighted by molar-refractivity contribution is -0.122. The summed E-state index contributed by atoms with van der Waals surface area (Å²) in [7, 11) is 0. The van der Waals surface area contributed by atoms with Crippen LogP contribution in [0.4, 0.5) is 5.69 Å². The van der Waals surface area contributed by atoms with E-state index < -0.39 is 0 Å². The fourth-order valence-corrected chi connectivity index (χ4v) is 4.11. The standard InChI is InChI=1S/C23H28N2O2/c1-16-12-17(2)15-25(14-16)22(19-8-5-4-6-9-19)23(27)24-21-11-7-10-20(13-21)18(3)26/h4-11,13,16-17,22H,12,14-15H2,1-3H3,(H,24,27). The number of ketones is 1. The lowest BCUT2D eigenvalue weighted by atomic mass is 9.89. The Morgan fingerprint density at radius 3 is 2.30 bits per heavy atom. The maximum atomic E-state index is 13.3. The minimum absolute atomic E-state index is 0.00983. The first kappa shape index (κ1) is 19.3. The lowest BCUT2D eigenvalue weighted by Crippen LogP contribution is -2.45. The van der Waals surface area contributed by atoms with Crippen LogP contribution in [-0.2, 0) is 4.79 Å². The first-order chi connectivity index (χ1) is 12.9. The summed E-state index contributed by atoms with van der Waals surface area (Å²) < 4.78 is 0. The van der Waals surface area contributed by atoms with E-state index in [1.54, 1.807) is 18.2 Å². The van der Waals surface area contributed by atoms with Gasteiger partial charge in [-0.25, -0.2) is 0 Å². The second kappa shape index (κ2) is 8.49. The van der Waals surface area contributed by atoms with E-state index in [2.05, 4.69) is 24.1 Å². The third-order valence-corrected chi connectivity index (χ3v) is 5.16. The summed E-state index contributed by atoms with van der Waals surface area (Å²) in [4.78, 5) is 27.2. The number of hydrogen-bond donors (Lipinski definition) is 1. The molecule has 1 N–H and O–H groups in total. The molecule has 2 aromatic rings. The highest BCUT2D eigenvalue weighted by atomic mass is 16.2. The van der Waals surface area contributed by atoms with Crippen LogP contribution in [0, 0.1) is 11.8 Å². The largest absolute Gasteiger partial charge is 0.324 e. The van der Waals surface area contributed by atoms with Crippen LogP contribution < -0.4 is 5.32 Å². The summed E-state index contributed by atoms with van der Waals surface area (Å²) in [5, 5.41) is 3.03. The van der Waals surface area contributed by atoms with E-state index in [4.69, 9.17) is 0 Å². The van der Waals surface area contributed by atoms with Crippen molar-refractivity contribution in [1.29, 1.82) is 0 Å². The summed E-state index contributed by atoms with van der Waals surface area (Å²) in [6.07, 6.45) is 1.19. The summed E-state index contributed by atoms with van der Waals surface area (Å²) in [5.74, 6) is 1.06. The molecule has 4 nitrogen and oxygen atoms in total. The SMILES string of the molecule is CC(=O)c1cccc(NC(=O)C(c2ccccc2)N2CC(C)CC(C)C2)c1. The van der Waals surface area contributed by atoms with Crippen molar-refractivity contribution in [2.75, 3.05) is 18.4 Å². The molecule has 1 heterocycles. The average Bonchev–Trinajstić information content (AvgIpc) is 2.62. The maximum absolute atomic E-state index is 13.3. The van der Waals surface area contributed by atoms with Crippen molar-refractivity contribution in [1.82, 2.24) is 4.90 Å². The Labute approximate surface area is 161 Å². The van der Waals surface area contributed by atoms with Gasteiger partial charge in [0.25, 0.3) is 0 Å². The number of amides is 1. The van der Waals surface area contributed by atoms with Gasteiger partial charge in [-0.15, -0.1) is 0 Å². The highest BCUT2D eigenvalue weighted by molar-refractivity contribution is 5.98. The fourth-order valence-electron chi connectivity index (χ4n) is 4.11. The van der Waals surface area contributed by atoms with Crippen molar-refractivity contribution >= 4 is 17.4 Å². The molecular formula is C23H28N2O2. The Bertz CT molecular complexity index is 793. The number of carbonyl (C=O) groups is 2. The van der Waals surface area contributed by atoms with E-state index in [-0.39, 0.29) is 17.7 Å². The van der Waals surface area contributed by atoms with Crippen molar-refractivity contribution < 1.29 is 9.59 Å². The van der Waals surface area contributed by atoms with Crippen LogP contribution in [0.2, 0.25) is 0 Å². The van der Waals surface area contributed by atoms with Crippen molar-refractivity contribution in [3.63, 3.8) is 0 Å². The van der Waals surface area contributed by atoms with E-state index in [0.29, 0.717) is 23.1 Å². The van der Waals surface area contributed by atoms with Gasteiger partial charge in [-0.05, 0) is 42.9 Å². The van der Waals surface area contributed by atoms with Crippen LogP contribution in [0.1, 0.15) is 49.2 Å². The fraction of sp³-hybridized carbons (Fsp3) is 0.391. The first-order valence-electron chi connectivity index (χ1n) is 9.65. The molecule has 0 radical (unpaired) electrons. The second-order valence-electron chi connectivity index (χ2n) is 7.84. The van der Waals surface area contributed by atoms with E-state index in [9.17, 15) is 9.59 Å². The van der Waals surface area contributed by atoms with E-state index in [1.165, 1.54) is 13.3 Å². The number of likely N-dealkylation sites (tertiary alicyclic amines) is 1. The number of benzene rings is 2. The predicted octanol–water partition coefficient (Wildman–Crippen LogP) is 4.55. The summed E-state index contributed by atoms with van der Waals surface area (Å²) >= 11 is 0. The molecule has 0 spiro atoms. The zero-order chi connectivity index (χ0) is 19.4. The molecule has 0 aromatic heterocycles. The van der Waals surface area contributed by atoms with Crippen molar-refractivity contribution in [3.05, 3.63) is 65.7 Å². The van der Waals surface area contributed by atoms with Gasteiger partial charge in [0.15, 0.2) is 5.78 Å². The van der Waals surface area contributed by atoms with E-state index in [0.717, 1.165) is 18.7 Å². The molecule has 3 atom stereocenters. The zero-order valence-corrected chi connectivity index (χ0v) is 16.3. The number of nitrogens with zero attached hydrogens (tertiary/aromatic N) is 1. The third kappa shape index (κ3) is 4.83. The smallest absolute Gasteiger partial charge is 0.246 e. The number of carbonyl (C=O) groups excluding carboxylic acids is 2. The molecule has 0 saturated carbocycles. The molecule has 1 saturated heterocycles. The van der Waals surface area contributed by atoms with Gasteiger partial charge in [0.1, 0.15) is 6.04 Å². The molecule has 142 valence electrons. The summed E-state index contributed by atoms with van der Waals surface area (Å²) in [5.41, 5.74) is 2.26. The van der Waals surface area contributed by atoms with Gasteiger partial charge in [-0.3, -0.25) is 14.5 Å². The lowest BCUT2D eigenvalue weighted by Gasteiger charge is -2.39. The molecule has 1 fully saturated rings. The normalized spacial score (nSPS) is 21.4. The summed E-state index contributed by atoms with van der Waals surface area (Å²) in [6, 6.07) is 16.7. The molecule has 3 unspecified atom stereocenters. The highest BCUT2D eigenvalue weighted by Crippen LogP contribution is 2.30. The van der Waals surface area contributed by atoms with Gasteiger partial charge >= 0.3 is 0 Å². The Morgan fingerprint density at radius 1 is 1.00 bits per heavy atom. The second-order valence-corrected chi connectivity index (χ2v) is 7.84. The molecule has 0 aliphatic carbocycles. The zero-order valence-electron chi connectivity index (χ0n) is 16.3. The Hall–Kier alpha value is -2.46. The van der Waals surface area contributed by atoms with Crippen LogP contribution in [0.5, 0.6) is 0 Å². The molecule has 1 amide bonds. The minimum atomic E-state index is -0.336. The van der Waals surface area contributed by atoms with E-state index in [1.807, 2.05) is 36.4 Å². The van der Waals surface area contributed by atoms with Crippen LogP contribution in [-0.4, -0.2) is 29.7 Å². The number of piperidine rings is 1. The Kier molecular flexibility index (Phi) is 6.07. The van der Waals surface area contributed by atoms with Gasteiger partial charge in [-0.2, -0.15) is 0 Å².